The van der Waals surface area contributed by atoms with E-state index >= 15 is 0 Å². The van der Waals surface area contributed by atoms with Crippen molar-refractivity contribution in [2.75, 3.05) is 6.54 Å². The van der Waals surface area contributed by atoms with Gasteiger partial charge >= 0.3 is 12.0 Å². The Morgan fingerprint density at radius 1 is 1.32 bits per heavy atom. The summed E-state index contributed by atoms with van der Waals surface area (Å²) < 4.78 is 0. The Morgan fingerprint density at radius 3 is 2.58 bits per heavy atom. The van der Waals surface area contributed by atoms with Crippen LogP contribution in [0.3, 0.4) is 0 Å². The number of carbonyl (C=O) groups is 2. The van der Waals surface area contributed by atoms with Gasteiger partial charge in [0.15, 0.2) is 0 Å². The molecule has 19 heavy (non-hydrogen) atoms. The smallest absolute Gasteiger partial charge is 0.315 e. The van der Waals surface area contributed by atoms with Gasteiger partial charge in [0.25, 0.3) is 0 Å². The van der Waals surface area contributed by atoms with Gasteiger partial charge in [0, 0.05) is 12.7 Å². The van der Waals surface area contributed by atoms with Crippen molar-refractivity contribution >= 4 is 12.0 Å². The van der Waals surface area contributed by atoms with E-state index in [1.165, 1.54) is 0 Å². The Kier molecular flexibility index (Phi) is 5.72. The van der Waals surface area contributed by atoms with Crippen molar-refractivity contribution in [1.82, 2.24) is 20.6 Å². The summed E-state index contributed by atoms with van der Waals surface area (Å²) in [7, 11) is 0. The lowest BCUT2D eigenvalue weighted by Gasteiger charge is -2.11. The van der Waals surface area contributed by atoms with Gasteiger partial charge in [-0.3, -0.25) is 14.8 Å². The summed E-state index contributed by atoms with van der Waals surface area (Å²) in [5.74, 6) is -1.47. The second kappa shape index (κ2) is 7.30. The molecule has 1 aromatic rings. The van der Waals surface area contributed by atoms with Crippen molar-refractivity contribution in [2.45, 2.75) is 26.8 Å². The van der Waals surface area contributed by atoms with Crippen LogP contribution in [0.25, 0.3) is 0 Å². The quantitative estimate of drug-likeness (QED) is 0.703. The van der Waals surface area contributed by atoms with Crippen LogP contribution in [0.1, 0.15) is 24.7 Å². The van der Waals surface area contributed by atoms with Crippen LogP contribution < -0.4 is 10.6 Å². The number of carboxylic acid groups (broad SMARTS) is 1. The number of hydrogen-bond acceptors (Lipinski definition) is 4. The zero-order chi connectivity index (χ0) is 14.3. The van der Waals surface area contributed by atoms with E-state index in [0.29, 0.717) is 12.1 Å². The van der Waals surface area contributed by atoms with Gasteiger partial charge in [0.2, 0.25) is 0 Å². The molecule has 0 spiro atoms. The average Bonchev–Trinajstić information content (AvgIpc) is 2.38. The van der Waals surface area contributed by atoms with E-state index in [0.717, 1.165) is 5.69 Å². The van der Waals surface area contributed by atoms with Crippen LogP contribution in [0.4, 0.5) is 4.79 Å². The molecule has 2 amide bonds. The number of nitrogens with zero attached hydrogens (tertiary/aromatic N) is 2. The monoisotopic (exact) mass is 266 g/mol. The van der Waals surface area contributed by atoms with Crippen molar-refractivity contribution in [1.29, 1.82) is 0 Å². The van der Waals surface area contributed by atoms with E-state index in [1.54, 1.807) is 19.3 Å². The summed E-state index contributed by atoms with van der Waals surface area (Å²) in [6.45, 7) is 3.95. The number of nitrogens with one attached hydrogen (secondary N) is 2. The molecular formula is C12H18N4O3. The lowest BCUT2D eigenvalue weighted by molar-refractivity contribution is -0.141. The van der Waals surface area contributed by atoms with Crippen molar-refractivity contribution in [3.8, 4) is 0 Å². The van der Waals surface area contributed by atoms with Crippen molar-refractivity contribution < 1.29 is 14.7 Å². The van der Waals surface area contributed by atoms with Crippen LogP contribution in [0.15, 0.2) is 12.4 Å². The predicted molar refractivity (Wildman–Crippen MR) is 68.4 cm³/mol. The molecule has 1 atom stereocenters. The fraction of sp³-hybridized carbons (Fsp3) is 0.500. The fourth-order valence-electron chi connectivity index (χ4n) is 1.37. The molecule has 1 unspecified atom stereocenters. The number of rotatable bonds is 6. The Labute approximate surface area is 111 Å². The molecule has 7 nitrogen and oxygen atoms in total. The zero-order valence-corrected chi connectivity index (χ0v) is 11.0. The molecular weight excluding hydrogens is 248 g/mol. The highest BCUT2D eigenvalue weighted by Gasteiger charge is 2.15. The molecule has 0 radical (unpaired) electrons. The number of aliphatic carboxylic acids is 1. The summed E-state index contributed by atoms with van der Waals surface area (Å²) in [6.07, 6.45) is 3.67. The largest absolute Gasteiger partial charge is 0.481 e. The molecule has 0 aliphatic rings. The number of urea groups is 1. The second-order valence-corrected chi connectivity index (χ2v) is 4.16. The average molecular weight is 266 g/mol. The van der Waals surface area contributed by atoms with Crippen LogP contribution >= 0.6 is 0 Å². The van der Waals surface area contributed by atoms with E-state index in [1.807, 2.05) is 6.92 Å². The number of hydrogen-bond donors (Lipinski definition) is 3. The van der Waals surface area contributed by atoms with Crippen molar-refractivity contribution in [3.63, 3.8) is 0 Å². The van der Waals surface area contributed by atoms with Gasteiger partial charge in [-0.1, -0.05) is 6.92 Å². The summed E-state index contributed by atoms with van der Waals surface area (Å²) in [5.41, 5.74) is 1.45. The summed E-state index contributed by atoms with van der Waals surface area (Å²) >= 11 is 0. The maximum Gasteiger partial charge on any atom is 0.315 e. The van der Waals surface area contributed by atoms with Gasteiger partial charge in [-0.05, 0) is 13.3 Å². The summed E-state index contributed by atoms with van der Waals surface area (Å²) in [6, 6.07) is -0.415. The zero-order valence-electron chi connectivity index (χ0n) is 11.0. The molecule has 0 fully saturated rings. The highest BCUT2D eigenvalue weighted by molar-refractivity contribution is 5.75. The minimum atomic E-state index is -0.910. The van der Waals surface area contributed by atoms with Crippen LogP contribution in [-0.4, -0.2) is 33.6 Å². The highest BCUT2D eigenvalue weighted by Crippen LogP contribution is 2.00. The third-order valence-electron chi connectivity index (χ3n) is 2.62. The molecule has 7 heteroatoms. The minimum Gasteiger partial charge on any atom is -0.481 e. The molecule has 0 aliphatic heterocycles. The fourth-order valence-corrected chi connectivity index (χ4v) is 1.37. The highest BCUT2D eigenvalue weighted by atomic mass is 16.4. The first-order valence-corrected chi connectivity index (χ1v) is 6.05. The lowest BCUT2D eigenvalue weighted by atomic mass is 10.1. The molecule has 0 aliphatic carbocycles. The number of carboxylic acids is 1. The number of aryl methyl sites for hydroxylation is 1. The van der Waals surface area contributed by atoms with E-state index in [2.05, 4.69) is 20.6 Å². The summed E-state index contributed by atoms with van der Waals surface area (Å²) in [5, 5.41) is 13.9. The van der Waals surface area contributed by atoms with Gasteiger partial charge in [0.05, 0.1) is 30.0 Å². The Morgan fingerprint density at radius 2 is 2.05 bits per heavy atom. The van der Waals surface area contributed by atoms with Crippen molar-refractivity contribution in [3.05, 3.63) is 23.8 Å². The minimum absolute atomic E-state index is 0.108. The van der Waals surface area contributed by atoms with Gasteiger partial charge in [-0.15, -0.1) is 0 Å². The normalized spacial score (nSPS) is 11.7. The van der Waals surface area contributed by atoms with Crippen LogP contribution in [0.2, 0.25) is 0 Å². The van der Waals surface area contributed by atoms with Gasteiger partial charge in [-0.25, -0.2) is 4.79 Å². The molecule has 3 N–H and O–H groups in total. The van der Waals surface area contributed by atoms with Crippen LogP contribution in [-0.2, 0) is 11.3 Å². The molecule has 0 aromatic carbocycles. The molecule has 0 bridgehead atoms. The van der Waals surface area contributed by atoms with Gasteiger partial charge in [0.1, 0.15) is 0 Å². The number of carbonyl (C=O) groups excluding carboxylic acids is 1. The van der Waals surface area contributed by atoms with E-state index in [4.69, 9.17) is 5.11 Å². The topological polar surface area (TPSA) is 104 Å². The first-order valence-electron chi connectivity index (χ1n) is 6.05. The van der Waals surface area contributed by atoms with Gasteiger partial charge in [-0.2, -0.15) is 0 Å². The standard InChI is InChI=1S/C12H18N4O3/c1-3-9(11(17)18)5-15-12(19)16-7-10-6-13-8(2)4-14-10/h4,6,9H,3,5,7H2,1-2H3,(H,17,18)(H2,15,16,19). The maximum absolute atomic E-state index is 11.5. The van der Waals surface area contributed by atoms with E-state index < -0.39 is 17.9 Å². The van der Waals surface area contributed by atoms with E-state index in [-0.39, 0.29) is 13.1 Å². The number of amides is 2. The maximum atomic E-state index is 11.5. The predicted octanol–water partition coefficient (Wildman–Crippen LogP) is 0.695. The first kappa shape index (κ1) is 14.9. The molecule has 1 rings (SSSR count). The molecule has 1 aromatic heterocycles. The third-order valence-corrected chi connectivity index (χ3v) is 2.62. The second-order valence-electron chi connectivity index (χ2n) is 4.16. The Balaban J connectivity index is 2.31. The summed E-state index contributed by atoms with van der Waals surface area (Å²) in [4.78, 5) is 30.4. The molecule has 0 saturated carbocycles. The Bertz CT molecular complexity index is 433. The van der Waals surface area contributed by atoms with Crippen LogP contribution in [0, 0.1) is 12.8 Å². The molecule has 104 valence electrons. The third kappa shape index (κ3) is 5.33. The van der Waals surface area contributed by atoms with Crippen LogP contribution in [0.5, 0.6) is 0 Å². The van der Waals surface area contributed by atoms with Gasteiger partial charge < -0.3 is 15.7 Å². The molecule has 0 saturated heterocycles. The molecule has 1 heterocycles. The first-order chi connectivity index (χ1) is 9.02. The lowest BCUT2D eigenvalue weighted by Crippen LogP contribution is -2.39. The Hall–Kier alpha value is -2.18. The van der Waals surface area contributed by atoms with Crippen molar-refractivity contribution in [2.24, 2.45) is 5.92 Å². The SMILES string of the molecule is CCC(CNC(=O)NCc1cnc(C)cn1)C(=O)O. The number of aromatic nitrogens is 2. The van der Waals surface area contributed by atoms with E-state index in [9.17, 15) is 9.59 Å².